The first kappa shape index (κ1) is 36.8. The predicted molar refractivity (Wildman–Crippen MR) is 276 cm³/mol. The third-order valence-corrected chi connectivity index (χ3v) is 24.4. The Bertz CT molecular complexity index is 3580. The average molecular weight is 847 g/mol. The molecule has 13 rings (SSSR count). The number of aromatic nitrogens is 2. The van der Waals surface area contributed by atoms with E-state index in [1.54, 1.807) is 0 Å². The normalized spacial score (nSPS) is 13.9. The lowest BCUT2D eigenvalue weighted by molar-refractivity contribution is 1.17. The second-order valence-electron chi connectivity index (χ2n) is 17.2. The smallest absolute Gasteiger partial charge is 0.179 e. The Hall–Kier alpha value is -7.77. The summed E-state index contributed by atoms with van der Waals surface area (Å²) >= 11 is 0. The average Bonchev–Trinajstić information content (AvgIpc) is 3.89. The molecule has 0 unspecified atom stereocenters. The zero-order valence-electron chi connectivity index (χ0n) is 35.1. The van der Waals surface area contributed by atoms with Crippen LogP contribution in [0.2, 0.25) is 0 Å². The van der Waals surface area contributed by atoms with Crippen molar-refractivity contribution in [1.82, 2.24) is 9.13 Å². The standard InChI is InChI=1S/C60H42N2Si2/c1-4-20-45(21-5-1)63(46-22-6-2-7-23-46)57-32-16-18-34-59(57)64(47-24-8-3-9-25-47,60-35-19-17-33-58(60)63)48-39-36-43(37-40-48)61-55-31-15-12-28-51(55)52-42-44(38-41-56(52)61)62-53-29-13-10-26-49(53)50-27-11-14-30-54(50)62/h1-42H. The summed E-state index contributed by atoms with van der Waals surface area (Å²) in [5, 5.41) is 16.6. The highest BCUT2D eigenvalue weighted by Crippen LogP contribution is 2.37. The van der Waals surface area contributed by atoms with E-state index in [0.717, 1.165) is 5.69 Å². The summed E-state index contributed by atoms with van der Waals surface area (Å²) < 4.78 is 4.89. The molecule has 3 heterocycles. The van der Waals surface area contributed by atoms with E-state index in [-0.39, 0.29) is 0 Å². The summed E-state index contributed by atoms with van der Waals surface area (Å²) in [5.41, 5.74) is 7.16. The van der Waals surface area contributed by atoms with Crippen LogP contribution in [0.4, 0.5) is 0 Å². The van der Waals surface area contributed by atoms with E-state index < -0.39 is 16.1 Å². The first-order chi connectivity index (χ1) is 31.8. The number of benzene rings is 10. The van der Waals surface area contributed by atoms with Gasteiger partial charge in [-0.1, -0.05) is 206 Å². The van der Waals surface area contributed by atoms with E-state index in [9.17, 15) is 0 Å². The van der Waals surface area contributed by atoms with Gasteiger partial charge in [0.1, 0.15) is 0 Å². The molecule has 0 radical (unpaired) electrons. The molecule has 1 aliphatic rings. The Morgan fingerprint density at radius 2 is 0.516 bits per heavy atom. The molecule has 1 aliphatic heterocycles. The van der Waals surface area contributed by atoms with Gasteiger partial charge in [0.25, 0.3) is 0 Å². The maximum Gasteiger partial charge on any atom is 0.179 e. The third kappa shape index (κ3) is 5.06. The van der Waals surface area contributed by atoms with Crippen LogP contribution in [0.25, 0.3) is 55.0 Å². The minimum Gasteiger partial charge on any atom is -0.309 e. The Morgan fingerprint density at radius 3 is 0.938 bits per heavy atom. The number of rotatable bonds is 6. The van der Waals surface area contributed by atoms with Crippen LogP contribution in [-0.4, -0.2) is 25.3 Å². The molecule has 12 aromatic rings. The molecule has 0 amide bonds. The minimum atomic E-state index is -2.91. The van der Waals surface area contributed by atoms with Crippen LogP contribution in [0.15, 0.2) is 255 Å². The Morgan fingerprint density at radius 1 is 0.219 bits per heavy atom. The fourth-order valence-electron chi connectivity index (χ4n) is 11.6. The molecule has 0 saturated heterocycles. The van der Waals surface area contributed by atoms with Gasteiger partial charge in [-0.15, -0.1) is 0 Å². The molecule has 0 atom stereocenters. The van der Waals surface area contributed by atoms with Crippen molar-refractivity contribution in [3.05, 3.63) is 255 Å². The topological polar surface area (TPSA) is 9.86 Å². The van der Waals surface area contributed by atoms with Crippen molar-refractivity contribution in [2.75, 3.05) is 0 Å². The fourth-order valence-corrected chi connectivity index (χ4v) is 23.7. The molecule has 0 bridgehead atoms. The summed E-state index contributed by atoms with van der Waals surface area (Å²) in [6.45, 7) is 0. The highest BCUT2D eigenvalue weighted by molar-refractivity contribution is 7.32. The van der Waals surface area contributed by atoms with Crippen molar-refractivity contribution in [2.24, 2.45) is 0 Å². The quantitative estimate of drug-likeness (QED) is 0.148. The van der Waals surface area contributed by atoms with Crippen LogP contribution in [0.5, 0.6) is 0 Å². The van der Waals surface area contributed by atoms with Gasteiger partial charge in [0.15, 0.2) is 16.1 Å². The van der Waals surface area contributed by atoms with E-state index in [0.29, 0.717) is 0 Å². The molecule has 0 spiro atoms. The molecule has 0 fully saturated rings. The molecule has 0 N–H and O–H groups in total. The molecular formula is C60H42N2Si2. The van der Waals surface area contributed by atoms with Gasteiger partial charge in [-0.05, 0) is 90.0 Å². The van der Waals surface area contributed by atoms with E-state index >= 15 is 0 Å². The SMILES string of the molecule is c1ccc([Si]2(c3ccccc3)c3ccccc3[Si](c3ccccc3)(c3ccc(-n4c5ccccc5c5cc(-n6c7ccccc7c7ccccc76)ccc54)cc3)c3ccccc32)cc1. The molecule has 4 heteroatoms. The van der Waals surface area contributed by atoms with Gasteiger partial charge in [-0.3, -0.25) is 0 Å². The van der Waals surface area contributed by atoms with Gasteiger partial charge < -0.3 is 9.13 Å². The van der Waals surface area contributed by atoms with Gasteiger partial charge in [0.2, 0.25) is 0 Å². The lowest BCUT2D eigenvalue weighted by atomic mass is 10.1. The summed E-state index contributed by atoms with van der Waals surface area (Å²) in [7, 11) is -5.68. The maximum atomic E-state index is 2.48. The van der Waals surface area contributed by atoms with E-state index in [1.165, 1.54) is 90.8 Å². The molecule has 0 aliphatic carbocycles. The second kappa shape index (κ2) is 14.4. The van der Waals surface area contributed by atoms with Crippen molar-refractivity contribution >= 4 is 101 Å². The van der Waals surface area contributed by atoms with Crippen LogP contribution in [0.3, 0.4) is 0 Å². The summed E-state index contributed by atoms with van der Waals surface area (Å²) in [4.78, 5) is 0. The molecule has 2 aromatic heterocycles. The molecule has 300 valence electrons. The number of para-hydroxylation sites is 3. The van der Waals surface area contributed by atoms with Crippen LogP contribution >= 0.6 is 0 Å². The first-order valence-electron chi connectivity index (χ1n) is 22.3. The van der Waals surface area contributed by atoms with E-state index in [4.69, 9.17) is 0 Å². The fraction of sp³-hybridized carbons (Fsp3) is 0. The Balaban J connectivity index is 1.04. The molecule has 2 nitrogen and oxygen atoms in total. The van der Waals surface area contributed by atoms with Crippen molar-refractivity contribution in [3.63, 3.8) is 0 Å². The monoisotopic (exact) mass is 846 g/mol. The molecular weight excluding hydrogens is 805 g/mol. The lowest BCUT2D eigenvalue weighted by Gasteiger charge is -2.48. The van der Waals surface area contributed by atoms with Gasteiger partial charge in [0, 0.05) is 32.9 Å². The Labute approximate surface area is 374 Å². The highest BCUT2D eigenvalue weighted by Gasteiger charge is 2.56. The second-order valence-corrected chi connectivity index (χ2v) is 24.6. The third-order valence-electron chi connectivity index (χ3n) is 14.1. The van der Waals surface area contributed by atoms with Crippen LogP contribution in [0.1, 0.15) is 0 Å². The summed E-state index contributed by atoms with van der Waals surface area (Å²) in [5.74, 6) is 0. The van der Waals surface area contributed by atoms with Crippen LogP contribution < -0.4 is 41.5 Å². The van der Waals surface area contributed by atoms with Gasteiger partial charge in [0.05, 0.1) is 22.1 Å². The van der Waals surface area contributed by atoms with E-state index in [2.05, 4.69) is 264 Å². The van der Waals surface area contributed by atoms with Crippen molar-refractivity contribution in [3.8, 4) is 11.4 Å². The van der Waals surface area contributed by atoms with Gasteiger partial charge in [-0.25, -0.2) is 0 Å². The molecule has 10 aromatic carbocycles. The zero-order chi connectivity index (χ0) is 42.2. The van der Waals surface area contributed by atoms with Crippen molar-refractivity contribution in [1.29, 1.82) is 0 Å². The largest absolute Gasteiger partial charge is 0.309 e. The zero-order valence-corrected chi connectivity index (χ0v) is 37.1. The number of nitrogens with zero attached hydrogens (tertiary/aromatic N) is 2. The predicted octanol–water partition coefficient (Wildman–Crippen LogP) is 8.95. The summed E-state index contributed by atoms with van der Waals surface area (Å²) in [6, 6.07) is 96.4. The number of fused-ring (bicyclic) bond motifs is 8. The first-order valence-corrected chi connectivity index (χ1v) is 26.3. The van der Waals surface area contributed by atoms with Crippen LogP contribution in [0, 0.1) is 0 Å². The lowest BCUT2D eigenvalue weighted by Crippen LogP contribution is -2.93. The summed E-state index contributed by atoms with van der Waals surface area (Å²) in [6.07, 6.45) is 0. The van der Waals surface area contributed by atoms with E-state index in [1.807, 2.05) is 0 Å². The highest BCUT2D eigenvalue weighted by atomic mass is 28.3. The van der Waals surface area contributed by atoms with Crippen molar-refractivity contribution in [2.45, 2.75) is 0 Å². The van der Waals surface area contributed by atoms with Crippen molar-refractivity contribution < 1.29 is 0 Å². The Kier molecular flexibility index (Phi) is 8.29. The minimum absolute atomic E-state index is 1.16. The van der Waals surface area contributed by atoms with Gasteiger partial charge in [-0.2, -0.15) is 0 Å². The van der Waals surface area contributed by atoms with Crippen LogP contribution in [-0.2, 0) is 0 Å². The molecule has 64 heavy (non-hydrogen) atoms. The molecule has 0 saturated carbocycles. The number of hydrogen-bond donors (Lipinski definition) is 0. The van der Waals surface area contributed by atoms with Gasteiger partial charge >= 0.3 is 0 Å². The maximum absolute atomic E-state index is 2.91. The number of hydrogen-bond acceptors (Lipinski definition) is 0.